The second-order valence-corrected chi connectivity index (χ2v) is 6.75. The van der Waals surface area contributed by atoms with Crippen molar-refractivity contribution in [2.75, 3.05) is 13.1 Å². The molecule has 0 fully saturated rings. The maximum absolute atomic E-state index is 11.6. The zero-order chi connectivity index (χ0) is 16.0. The average molecular weight is 344 g/mol. The van der Waals surface area contributed by atoms with Gasteiger partial charge in [-0.15, -0.1) is 0 Å². The van der Waals surface area contributed by atoms with Gasteiger partial charge in [-0.3, -0.25) is 0 Å². The number of nitrogens with zero attached hydrogens (tertiary/aromatic N) is 1. The lowest BCUT2D eigenvalue weighted by atomic mass is 10.1. The van der Waals surface area contributed by atoms with Crippen LogP contribution < -0.4 is 9.44 Å². The van der Waals surface area contributed by atoms with E-state index in [1.807, 2.05) is 19.1 Å². The van der Waals surface area contributed by atoms with E-state index in [0.717, 1.165) is 12.0 Å². The normalized spacial score (nSPS) is 11.7. The fourth-order valence-corrected chi connectivity index (χ4v) is 2.85. The molecule has 0 bridgehead atoms. The highest BCUT2D eigenvalue weighted by molar-refractivity contribution is 7.87. The van der Waals surface area contributed by atoms with Crippen LogP contribution in [0.2, 0.25) is 5.02 Å². The number of benzene rings is 1. The van der Waals surface area contributed by atoms with Gasteiger partial charge in [0.25, 0.3) is 10.2 Å². The van der Waals surface area contributed by atoms with Crippen LogP contribution in [0.25, 0.3) is 11.3 Å². The third-order valence-electron chi connectivity index (χ3n) is 2.90. The summed E-state index contributed by atoms with van der Waals surface area (Å²) in [7, 11) is -3.44. The van der Waals surface area contributed by atoms with E-state index in [0.29, 0.717) is 29.4 Å². The predicted octanol–water partition coefficient (Wildman–Crippen LogP) is 2.37. The van der Waals surface area contributed by atoms with E-state index in [4.69, 9.17) is 16.1 Å². The molecule has 0 radical (unpaired) electrons. The van der Waals surface area contributed by atoms with Gasteiger partial charge in [-0.25, -0.2) is 9.44 Å². The number of rotatable bonds is 8. The van der Waals surface area contributed by atoms with Crippen molar-refractivity contribution in [2.24, 2.45) is 0 Å². The van der Waals surface area contributed by atoms with E-state index >= 15 is 0 Å². The number of halogens is 1. The van der Waals surface area contributed by atoms with Crippen LogP contribution in [-0.2, 0) is 16.6 Å². The van der Waals surface area contributed by atoms with Crippen molar-refractivity contribution in [1.82, 2.24) is 14.6 Å². The monoisotopic (exact) mass is 343 g/mol. The van der Waals surface area contributed by atoms with Crippen LogP contribution in [0.3, 0.4) is 0 Å². The van der Waals surface area contributed by atoms with E-state index in [9.17, 15) is 8.42 Å². The van der Waals surface area contributed by atoms with Crippen LogP contribution in [0.15, 0.2) is 34.9 Å². The Balaban J connectivity index is 1.89. The standard InChI is InChI=1S/C14H18ClN3O3S/c1-2-8-16-22(19,20)17-9-7-13-10-14(21-18-13)11-3-5-12(15)6-4-11/h3-6,10,16-17H,2,7-9H2,1H3. The van der Waals surface area contributed by atoms with Gasteiger partial charge in [0, 0.05) is 36.2 Å². The fourth-order valence-electron chi connectivity index (χ4n) is 1.78. The van der Waals surface area contributed by atoms with Crippen molar-refractivity contribution >= 4 is 21.8 Å². The maximum Gasteiger partial charge on any atom is 0.276 e. The summed E-state index contributed by atoms with van der Waals surface area (Å²) in [5, 5.41) is 4.58. The molecular weight excluding hydrogens is 326 g/mol. The first kappa shape index (κ1) is 17.0. The quantitative estimate of drug-likeness (QED) is 0.770. The molecule has 6 nitrogen and oxygen atoms in total. The molecule has 0 saturated heterocycles. The van der Waals surface area contributed by atoms with Gasteiger partial charge in [-0.1, -0.05) is 23.7 Å². The minimum Gasteiger partial charge on any atom is -0.356 e. The molecule has 0 aliphatic rings. The average Bonchev–Trinajstić information content (AvgIpc) is 2.94. The SMILES string of the molecule is CCCNS(=O)(=O)NCCc1cc(-c2ccc(Cl)cc2)on1. The molecule has 22 heavy (non-hydrogen) atoms. The summed E-state index contributed by atoms with van der Waals surface area (Å²) in [6.07, 6.45) is 1.19. The Kier molecular flexibility index (Phi) is 5.96. The molecule has 0 unspecified atom stereocenters. The Bertz CT molecular complexity index is 698. The van der Waals surface area contributed by atoms with Gasteiger partial charge < -0.3 is 4.52 Å². The zero-order valence-electron chi connectivity index (χ0n) is 12.2. The highest BCUT2D eigenvalue weighted by atomic mass is 35.5. The van der Waals surface area contributed by atoms with Gasteiger partial charge in [0.15, 0.2) is 5.76 Å². The summed E-state index contributed by atoms with van der Waals surface area (Å²) in [4.78, 5) is 0. The Hall–Kier alpha value is -1.41. The summed E-state index contributed by atoms with van der Waals surface area (Å²) in [5.41, 5.74) is 1.55. The predicted molar refractivity (Wildman–Crippen MR) is 85.9 cm³/mol. The number of nitrogens with one attached hydrogen (secondary N) is 2. The zero-order valence-corrected chi connectivity index (χ0v) is 13.7. The molecule has 2 aromatic rings. The summed E-state index contributed by atoms with van der Waals surface area (Å²) >= 11 is 5.83. The van der Waals surface area contributed by atoms with Gasteiger partial charge in [-0.05, 0) is 30.7 Å². The molecule has 0 spiro atoms. The van der Waals surface area contributed by atoms with Crippen LogP contribution in [0.5, 0.6) is 0 Å². The molecular formula is C14H18ClN3O3S. The topological polar surface area (TPSA) is 84.2 Å². The first-order valence-electron chi connectivity index (χ1n) is 6.96. The molecule has 1 aromatic carbocycles. The third-order valence-corrected chi connectivity index (χ3v) is 4.32. The maximum atomic E-state index is 11.6. The van der Waals surface area contributed by atoms with Gasteiger partial charge in [0.2, 0.25) is 0 Å². The largest absolute Gasteiger partial charge is 0.356 e. The van der Waals surface area contributed by atoms with Gasteiger partial charge in [0.1, 0.15) is 0 Å². The smallest absolute Gasteiger partial charge is 0.276 e. The van der Waals surface area contributed by atoms with Crippen molar-refractivity contribution in [3.8, 4) is 11.3 Å². The van der Waals surface area contributed by atoms with E-state index in [1.54, 1.807) is 18.2 Å². The molecule has 0 aliphatic heterocycles. The summed E-state index contributed by atoms with van der Waals surface area (Å²) < 4.78 is 33.3. The van der Waals surface area contributed by atoms with E-state index in [2.05, 4.69) is 14.6 Å². The summed E-state index contributed by atoms with van der Waals surface area (Å²) in [5.74, 6) is 0.624. The number of aromatic nitrogens is 1. The molecule has 0 aliphatic carbocycles. The minimum absolute atomic E-state index is 0.256. The molecule has 2 rings (SSSR count). The van der Waals surface area contributed by atoms with E-state index in [1.165, 1.54) is 0 Å². The first-order valence-corrected chi connectivity index (χ1v) is 8.82. The second kappa shape index (κ2) is 7.73. The van der Waals surface area contributed by atoms with Gasteiger partial charge >= 0.3 is 0 Å². The molecule has 1 heterocycles. The third kappa shape index (κ3) is 5.10. The molecule has 2 N–H and O–H groups in total. The first-order chi connectivity index (χ1) is 10.5. The molecule has 120 valence electrons. The van der Waals surface area contributed by atoms with Crippen molar-refractivity contribution in [3.63, 3.8) is 0 Å². The highest BCUT2D eigenvalue weighted by Gasteiger charge is 2.10. The Morgan fingerprint density at radius 3 is 2.55 bits per heavy atom. The molecule has 0 saturated carbocycles. The number of hydrogen-bond acceptors (Lipinski definition) is 4. The van der Waals surface area contributed by atoms with Crippen LogP contribution in [0.4, 0.5) is 0 Å². The van der Waals surface area contributed by atoms with E-state index < -0.39 is 10.2 Å². The molecule has 1 aromatic heterocycles. The molecule has 0 atom stereocenters. The number of hydrogen-bond donors (Lipinski definition) is 2. The minimum atomic E-state index is -3.44. The fraction of sp³-hybridized carbons (Fsp3) is 0.357. The van der Waals surface area contributed by atoms with Crippen molar-refractivity contribution in [1.29, 1.82) is 0 Å². The summed E-state index contributed by atoms with van der Waals surface area (Å²) in [6, 6.07) is 9.00. The Morgan fingerprint density at radius 2 is 1.86 bits per heavy atom. The lowest BCUT2D eigenvalue weighted by Crippen LogP contribution is -2.37. The van der Waals surface area contributed by atoms with E-state index in [-0.39, 0.29) is 6.54 Å². The Labute approximate surface area is 135 Å². The lowest BCUT2D eigenvalue weighted by molar-refractivity contribution is 0.423. The van der Waals surface area contributed by atoms with Crippen molar-refractivity contribution < 1.29 is 12.9 Å². The van der Waals surface area contributed by atoms with Crippen molar-refractivity contribution in [3.05, 3.63) is 41.0 Å². The second-order valence-electron chi connectivity index (χ2n) is 4.73. The van der Waals surface area contributed by atoms with Gasteiger partial charge in [0.05, 0.1) is 5.69 Å². The van der Waals surface area contributed by atoms with Crippen LogP contribution in [-0.4, -0.2) is 26.7 Å². The van der Waals surface area contributed by atoms with Crippen LogP contribution in [0.1, 0.15) is 19.0 Å². The highest BCUT2D eigenvalue weighted by Crippen LogP contribution is 2.22. The van der Waals surface area contributed by atoms with Crippen LogP contribution >= 0.6 is 11.6 Å². The summed E-state index contributed by atoms with van der Waals surface area (Å²) in [6.45, 7) is 2.57. The van der Waals surface area contributed by atoms with Gasteiger partial charge in [-0.2, -0.15) is 8.42 Å². The molecule has 0 amide bonds. The molecule has 8 heteroatoms. The van der Waals surface area contributed by atoms with Crippen molar-refractivity contribution in [2.45, 2.75) is 19.8 Å². The van der Waals surface area contributed by atoms with Crippen LogP contribution in [0, 0.1) is 0 Å². The Morgan fingerprint density at radius 1 is 1.18 bits per heavy atom. The lowest BCUT2D eigenvalue weighted by Gasteiger charge is -2.05.